The van der Waals surface area contributed by atoms with E-state index in [0.29, 0.717) is 16.8 Å². The van der Waals surface area contributed by atoms with Gasteiger partial charge in [-0.15, -0.1) is 11.3 Å². The zero-order valence-electron chi connectivity index (χ0n) is 12.5. The zero-order valence-corrected chi connectivity index (χ0v) is 13.4. The minimum Gasteiger partial charge on any atom is -0.392 e. The van der Waals surface area contributed by atoms with Gasteiger partial charge < -0.3 is 10.4 Å². The number of pyridine rings is 1. The molecule has 0 spiro atoms. The van der Waals surface area contributed by atoms with E-state index in [1.54, 1.807) is 23.6 Å². The van der Waals surface area contributed by atoms with Crippen molar-refractivity contribution in [1.82, 2.24) is 4.98 Å². The molecule has 2 aromatic rings. The standard InChI is InChI=1S/C16H18N2O3S/c1-10-7-13(11(2)22-10)15(20)3-4-16(21)18-14-8-17-6-5-12(14)9-19/h5-8,19H,3-4,9H2,1-2H3,(H,18,21). The Balaban J connectivity index is 1.93. The minimum absolute atomic E-state index is 0.0226. The number of hydrogen-bond donors (Lipinski definition) is 2. The van der Waals surface area contributed by atoms with Crippen molar-refractivity contribution in [2.75, 3.05) is 5.32 Å². The zero-order chi connectivity index (χ0) is 16.1. The van der Waals surface area contributed by atoms with Crippen LogP contribution in [0.1, 0.15) is 38.5 Å². The lowest BCUT2D eigenvalue weighted by Gasteiger charge is -2.08. The van der Waals surface area contributed by atoms with Crippen LogP contribution in [0.4, 0.5) is 5.69 Å². The largest absolute Gasteiger partial charge is 0.392 e. The monoisotopic (exact) mass is 318 g/mol. The third kappa shape index (κ3) is 3.99. The Bertz CT molecular complexity index is 694. The molecule has 0 radical (unpaired) electrons. The average Bonchev–Trinajstić information content (AvgIpc) is 2.84. The number of carbonyl (C=O) groups excluding carboxylic acids is 2. The summed E-state index contributed by atoms with van der Waals surface area (Å²) in [6, 6.07) is 3.50. The van der Waals surface area contributed by atoms with Gasteiger partial charge in [0.2, 0.25) is 5.91 Å². The summed E-state index contributed by atoms with van der Waals surface area (Å²) in [7, 11) is 0. The summed E-state index contributed by atoms with van der Waals surface area (Å²) in [5.41, 5.74) is 1.77. The van der Waals surface area contributed by atoms with E-state index in [0.717, 1.165) is 9.75 Å². The van der Waals surface area contributed by atoms with E-state index in [9.17, 15) is 14.7 Å². The summed E-state index contributed by atoms with van der Waals surface area (Å²) in [6.45, 7) is 3.69. The van der Waals surface area contributed by atoms with E-state index in [4.69, 9.17) is 0 Å². The van der Waals surface area contributed by atoms with Gasteiger partial charge >= 0.3 is 0 Å². The molecule has 2 heterocycles. The van der Waals surface area contributed by atoms with Gasteiger partial charge in [0.1, 0.15) is 0 Å². The number of nitrogens with zero attached hydrogens (tertiary/aromatic N) is 1. The number of aliphatic hydroxyl groups is 1. The molecular weight excluding hydrogens is 300 g/mol. The number of Topliss-reactive ketones (excluding diaryl/α,β-unsaturated/α-hetero) is 1. The van der Waals surface area contributed by atoms with Crippen molar-refractivity contribution in [3.05, 3.63) is 45.4 Å². The topological polar surface area (TPSA) is 79.3 Å². The first-order valence-electron chi connectivity index (χ1n) is 6.95. The number of hydrogen-bond acceptors (Lipinski definition) is 5. The fraction of sp³-hybridized carbons (Fsp3) is 0.312. The maximum Gasteiger partial charge on any atom is 0.224 e. The third-order valence-electron chi connectivity index (χ3n) is 3.28. The fourth-order valence-corrected chi connectivity index (χ4v) is 3.10. The Hall–Kier alpha value is -2.05. The Morgan fingerprint density at radius 2 is 2.09 bits per heavy atom. The second-order valence-electron chi connectivity index (χ2n) is 4.99. The van der Waals surface area contributed by atoms with Crippen LogP contribution >= 0.6 is 11.3 Å². The number of ketones is 1. The number of nitrogens with one attached hydrogen (secondary N) is 1. The van der Waals surface area contributed by atoms with Crippen LogP contribution in [0, 0.1) is 13.8 Å². The Labute approximate surface area is 133 Å². The van der Waals surface area contributed by atoms with Gasteiger partial charge in [0.25, 0.3) is 0 Å². The molecule has 2 rings (SSSR count). The van der Waals surface area contributed by atoms with Crippen LogP contribution in [0.2, 0.25) is 0 Å². The number of aromatic nitrogens is 1. The summed E-state index contributed by atoms with van der Waals surface area (Å²) >= 11 is 1.58. The number of thiophene rings is 1. The number of anilines is 1. The molecule has 0 atom stereocenters. The van der Waals surface area contributed by atoms with E-state index >= 15 is 0 Å². The highest BCUT2D eigenvalue weighted by atomic mass is 32.1. The molecule has 22 heavy (non-hydrogen) atoms. The van der Waals surface area contributed by atoms with Crippen LogP contribution in [-0.2, 0) is 11.4 Å². The maximum atomic E-state index is 12.1. The molecule has 0 unspecified atom stereocenters. The average molecular weight is 318 g/mol. The van der Waals surface area contributed by atoms with E-state index in [1.165, 1.54) is 6.20 Å². The SMILES string of the molecule is Cc1cc(C(=O)CCC(=O)Nc2cnccc2CO)c(C)s1. The Morgan fingerprint density at radius 3 is 2.73 bits per heavy atom. The second kappa shape index (κ2) is 7.29. The van der Waals surface area contributed by atoms with Crippen LogP contribution in [0.15, 0.2) is 24.5 Å². The highest BCUT2D eigenvalue weighted by molar-refractivity contribution is 7.12. The van der Waals surface area contributed by atoms with Crippen molar-refractivity contribution in [1.29, 1.82) is 0 Å². The fourth-order valence-electron chi connectivity index (χ4n) is 2.16. The van der Waals surface area contributed by atoms with Gasteiger partial charge in [-0.2, -0.15) is 0 Å². The Morgan fingerprint density at radius 1 is 1.32 bits per heavy atom. The number of carbonyl (C=O) groups is 2. The quantitative estimate of drug-likeness (QED) is 0.803. The molecule has 0 aliphatic rings. The maximum absolute atomic E-state index is 12.1. The Kier molecular flexibility index (Phi) is 5.41. The lowest BCUT2D eigenvalue weighted by atomic mass is 10.1. The number of rotatable bonds is 6. The molecule has 0 fully saturated rings. The number of aliphatic hydroxyl groups excluding tert-OH is 1. The minimum atomic E-state index is -0.263. The van der Waals surface area contributed by atoms with Crippen LogP contribution in [0.3, 0.4) is 0 Å². The highest BCUT2D eigenvalue weighted by Gasteiger charge is 2.14. The van der Waals surface area contributed by atoms with Gasteiger partial charge in [0.15, 0.2) is 5.78 Å². The van der Waals surface area contributed by atoms with E-state index in [1.807, 2.05) is 19.9 Å². The molecule has 0 bridgehead atoms. The van der Waals surface area contributed by atoms with Crippen molar-refractivity contribution in [2.24, 2.45) is 0 Å². The van der Waals surface area contributed by atoms with Crippen molar-refractivity contribution in [3.63, 3.8) is 0 Å². The third-order valence-corrected chi connectivity index (χ3v) is 4.24. The van der Waals surface area contributed by atoms with Gasteiger partial charge in [-0.3, -0.25) is 14.6 Å². The van der Waals surface area contributed by atoms with E-state index in [-0.39, 0.29) is 31.1 Å². The first-order valence-corrected chi connectivity index (χ1v) is 7.76. The van der Waals surface area contributed by atoms with E-state index in [2.05, 4.69) is 10.3 Å². The predicted octanol–water partition coefficient (Wildman–Crippen LogP) is 2.85. The molecule has 0 aliphatic carbocycles. The molecule has 0 aromatic carbocycles. The smallest absolute Gasteiger partial charge is 0.224 e. The number of aryl methyl sites for hydroxylation is 2. The second-order valence-corrected chi connectivity index (χ2v) is 6.45. The molecule has 0 saturated heterocycles. The summed E-state index contributed by atoms with van der Waals surface area (Å²) < 4.78 is 0. The van der Waals surface area contributed by atoms with Gasteiger partial charge in [-0.05, 0) is 26.0 Å². The van der Waals surface area contributed by atoms with Crippen molar-refractivity contribution < 1.29 is 14.7 Å². The molecule has 5 nitrogen and oxygen atoms in total. The molecule has 2 N–H and O–H groups in total. The number of amides is 1. The predicted molar refractivity (Wildman–Crippen MR) is 86.1 cm³/mol. The summed E-state index contributed by atoms with van der Waals surface area (Å²) in [6.07, 6.45) is 3.30. The molecule has 1 amide bonds. The van der Waals surface area contributed by atoms with Crippen molar-refractivity contribution in [2.45, 2.75) is 33.3 Å². The van der Waals surface area contributed by atoms with Crippen LogP contribution in [0.5, 0.6) is 0 Å². The summed E-state index contributed by atoms with van der Waals surface area (Å²) in [4.78, 5) is 30.1. The van der Waals surface area contributed by atoms with Gasteiger partial charge in [0, 0.05) is 39.9 Å². The lowest BCUT2D eigenvalue weighted by molar-refractivity contribution is -0.116. The van der Waals surface area contributed by atoms with Crippen molar-refractivity contribution in [3.8, 4) is 0 Å². The lowest BCUT2D eigenvalue weighted by Crippen LogP contribution is -2.15. The summed E-state index contributed by atoms with van der Waals surface area (Å²) in [5, 5.41) is 11.9. The molecule has 0 saturated carbocycles. The van der Waals surface area contributed by atoms with Gasteiger partial charge in [-0.25, -0.2) is 0 Å². The van der Waals surface area contributed by atoms with E-state index < -0.39 is 0 Å². The highest BCUT2D eigenvalue weighted by Crippen LogP contribution is 2.22. The van der Waals surface area contributed by atoms with Gasteiger partial charge in [0.05, 0.1) is 18.5 Å². The van der Waals surface area contributed by atoms with Crippen LogP contribution in [-0.4, -0.2) is 21.8 Å². The molecule has 6 heteroatoms. The molecule has 2 aromatic heterocycles. The van der Waals surface area contributed by atoms with Crippen molar-refractivity contribution >= 4 is 28.7 Å². The normalized spacial score (nSPS) is 10.5. The molecule has 0 aliphatic heterocycles. The van der Waals surface area contributed by atoms with Crippen LogP contribution in [0.25, 0.3) is 0 Å². The first-order chi connectivity index (χ1) is 10.5. The molecule has 116 valence electrons. The van der Waals surface area contributed by atoms with Gasteiger partial charge in [-0.1, -0.05) is 0 Å². The van der Waals surface area contributed by atoms with Crippen LogP contribution < -0.4 is 5.32 Å². The first kappa shape index (κ1) is 16.3. The summed E-state index contributed by atoms with van der Waals surface area (Å²) in [5.74, 6) is -0.286. The molecular formula is C16H18N2O3S.